The number of H-pyrrole nitrogens is 1. The molecule has 0 aromatic carbocycles. The lowest BCUT2D eigenvalue weighted by Gasteiger charge is -2.19. The van der Waals surface area contributed by atoms with E-state index in [-0.39, 0.29) is 5.92 Å². The zero-order chi connectivity index (χ0) is 11.0. The lowest BCUT2D eigenvalue weighted by Crippen LogP contribution is -2.22. The normalized spacial score (nSPS) is 20.5. The summed E-state index contributed by atoms with van der Waals surface area (Å²) in [6.07, 6.45) is 4.11. The third-order valence-electron chi connectivity index (χ3n) is 3.64. The molecule has 0 radical (unpaired) electrons. The molecule has 1 atom stereocenters. The van der Waals surface area contributed by atoms with Gasteiger partial charge in [-0.2, -0.15) is 0 Å². The monoisotopic (exact) mass is 205 g/mol. The summed E-state index contributed by atoms with van der Waals surface area (Å²) in [6.45, 7) is 6.34. The molecule has 1 N–H and O–H groups in total. The summed E-state index contributed by atoms with van der Waals surface area (Å²) in [4.78, 5) is 15.4. The summed E-state index contributed by atoms with van der Waals surface area (Å²) < 4.78 is 0. The van der Waals surface area contributed by atoms with Gasteiger partial charge in [0.2, 0.25) is 0 Å². The summed E-state index contributed by atoms with van der Waals surface area (Å²) >= 11 is 0. The van der Waals surface area contributed by atoms with E-state index in [0.717, 1.165) is 31.4 Å². The van der Waals surface area contributed by atoms with Gasteiger partial charge in [0.05, 0.1) is 5.69 Å². The minimum absolute atomic E-state index is 0.250. The average molecular weight is 205 g/mol. The van der Waals surface area contributed by atoms with E-state index in [4.69, 9.17) is 0 Å². The molecule has 1 aromatic heterocycles. The highest BCUT2D eigenvalue weighted by Gasteiger charge is 2.29. The number of fused-ring (bicyclic) bond motifs is 1. The van der Waals surface area contributed by atoms with Gasteiger partial charge in [-0.1, -0.05) is 13.8 Å². The Morgan fingerprint density at radius 1 is 1.40 bits per heavy atom. The van der Waals surface area contributed by atoms with Crippen LogP contribution in [-0.2, 0) is 12.8 Å². The Labute approximate surface area is 91.1 Å². The van der Waals surface area contributed by atoms with Crippen molar-refractivity contribution in [1.82, 2.24) is 4.98 Å². The second-order valence-corrected chi connectivity index (χ2v) is 4.44. The maximum atomic E-state index is 12.1. The Morgan fingerprint density at radius 2 is 2.13 bits per heavy atom. The number of carbonyl (C=O) groups excluding carboxylic acids is 1. The van der Waals surface area contributed by atoms with Crippen LogP contribution < -0.4 is 0 Å². The fraction of sp³-hybridized carbons (Fsp3) is 0.615. The van der Waals surface area contributed by atoms with Gasteiger partial charge >= 0.3 is 0 Å². The van der Waals surface area contributed by atoms with Gasteiger partial charge in [-0.15, -0.1) is 0 Å². The fourth-order valence-corrected chi connectivity index (χ4v) is 2.72. The topological polar surface area (TPSA) is 32.9 Å². The predicted molar refractivity (Wildman–Crippen MR) is 61.3 cm³/mol. The van der Waals surface area contributed by atoms with E-state index in [0.29, 0.717) is 5.78 Å². The van der Waals surface area contributed by atoms with Gasteiger partial charge in [0.15, 0.2) is 5.78 Å². The molecule has 0 bridgehead atoms. The van der Waals surface area contributed by atoms with Crippen LogP contribution in [0.3, 0.4) is 0 Å². The molecule has 0 aliphatic heterocycles. The maximum Gasteiger partial charge on any atom is 0.182 e. The van der Waals surface area contributed by atoms with E-state index >= 15 is 0 Å². The molecule has 0 saturated carbocycles. The van der Waals surface area contributed by atoms with E-state index in [2.05, 4.69) is 25.8 Å². The molecule has 2 rings (SSSR count). The van der Waals surface area contributed by atoms with E-state index in [1.807, 2.05) is 0 Å². The highest BCUT2D eigenvalue weighted by molar-refractivity contribution is 5.99. The van der Waals surface area contributed by atoms with Gasteiger partial charge in [-0.05, 0) is 43.7 Å². The van der Waals surface area contributed by atoms with Crippen molar-refractivity contribution in [1.29, 1.82) is 0 Å². The standard InChI is InChI=1S/C13H19NO/c1-4-9-6-7-11-10(5-2)8(3)14-12(11)13(9)15/h9,14H,4-7H2,1-3H3. The Bertz CT molecular complexity index is 389. The smallest absolute Gasteiger partial charge is 0.182 e. The van der Waals surface area contributed by atoms with Crippen LogP contribution in [0.5, 0.6) is 0 Å². The van der Waals surface area contributed by atoms with Crippen molar-refractivity contribution in [3.8, 4) is 0 Å². The van der Waals surface area contributed by atoms with Crippen molar-refractivity contribution in [3.05, 3.63) is 22.5 Å². The summed E-state index contributed by atoms with van der Waals surface area (Å²) in [7, 11) is 0. The van der Waals surface area contributed by atoms with Gasteiger partial charge in [-0.25, -0.2) is 0 Å². The van der Waals surface area contributed by atoms with Gasteiger partial charge in [0, 0.05) is 11.6 Å². The van der Waals surface area contributed by atoms with Gasteiger partial charge in [0.25, 0.3) is 0 Å². The molecule has 1 aliphatic carbocycles. The largest absolute Gasteiger partial charge is 0.356 e. The first kappa shape index (κ1) is 10.5. The first-order chi connectivity index (χ1) is 7.19. The highest BCUT2D eigenvalue weighted by atomic mass is 16.1. The molecule has 0 amide bonds. The van der Waals surface area contributed by atoms with Crippen molar-refractivity contribution in [2.75, 3.05) is 0 Å². The second-order valence-electron chi connectivity index (χ2n) is 4.44. The van der Waals surface area contributed by atoms with Crippen molar-refractivity contribution in [2.24, 2.45) is 5.92 Å². The number of aryl methyl sites for hydroxylation is 1. The zero-order valence-corrected chi connectivity index (χ0v) is 9.81. The number of aromatic amines is 1. The van der Waals surface area contributed by atoms with Crippen molar-refractivity contribution in [2.45, 2.75) is 46.5 Å². The molecule has 1 aromatic rings. The van der Waals surface area contributed by atoms with Gasteiger partial charge in [0.1, 0.15) is 0 Å². The first-order valence-corrected chi connectivity index (χ1v) is 5.93. The summed E-state index contributed by atoms with van der Waals surface area (Å²) in [6, 6.07) is 0. The van der Waals surface area contributed by atoms with Crippen molar-refractivity contribution >= 4 is 5.78 Å². The number of rotatable bonds is 2. The minimum Gasteiger partial charge on any atom is -0.356 e. The van der Waals surface area contributed by atoms with Crippen molar-refractivity contribution in [3.63, 3.8) is 0 Å². The molecule has 15 heavy (non-hydrogen) atoms. The van der Waals surface area contributed by atoms with Gasteiger partial charge in [-0.3, -0.25) is 4.79 Å². The number of Topliss-reactive ketones (excluding diaryl/α,β-unsaturated/α-hetero) is 1. The SMILES string of the molecule is CCc1c(C)[nH]c2c1CCC(CC)C2=O. The van der Waals surface area contributed by atoms with E-state index in [9.17, 15) is 4.79 Å². The van der Waals surface area contributed by atoms with Crippen LogP contribution in [0.15, 0.2) is 0 Å². The van der Waals surface area contributed by atoms with Gasteiger partial charge < -0.3 is 4.98 Å². The number of ketones is 1. The lowest BCUT2D eigenvalue weighted by molar-refractivity contribution is 0.0894. The van der Waals surface area contributed by atoms with Crippen LogP contribution in [0.2, 0.25) is 0 Å². The summed E-state index contributed by atoms with van der Waals surface area (Å²) in [5, 5.41) is 0. The molecular formula is C13H19NO. The third kappa shape index (κ3) is 1.52. The maximum absolute atomic E-state index is 12.1. The Morgan fingerprint density at radius 3 is 2.73 bits per heavy atom. The summed E-state index contributed by atoms with van der Waals surface area (Å²) in [5.74, 6) is 0.585. The van der Waals surface area contributed by atoms with E-state index in [1.54, 1.807) is 0 Å². The van der Waals surface area contributed by atoms with Crippen molar-refractivity contribution < 1.29 is 4.79 Å². The molecule has 1 heterocycles. The molecule has 1 aliphatic rings. The molecule has 1 unspecified atom stereocenters. The number of hydrogen-bond donors (Lipinski definition) is 1. The first-order valence-electron chi connectivity index (χ1n) is 5.93. The molecule has 0 fully saturated rings. The van der Waals surface area contributed by atoms with Crippen LogP contribution >= 0.6 is 0 Å². The molecular weight excluding hydrogens is 186 g/mol. The fourth-order valence-electron chi connectivity index (χ4n) is 2.72. The predicted octanol–water partition coefficient (Wildman–Crippen LogP) is 3.04. The third-order valence-corrected chi connectivity index (χ3v) is 3.64. The molecule has 2 nitrogen and oxygen atoms in total. The number of nitrogens with one attached hydrogen (secondary N) is 1. The Hall–Kier alpha value is -1.05. The molecule has 0 saturated heterocycles. The zero-order valence-electron chi connectivity index (χ0n) is 9.81. The second kappa shape index (κ2) is 3.84. The number of carbonyl (C=O) groups is 1. The highest BCUT2D eigenvalue weighted by Crippen LogP contribution is 2.31. The summed E-state index contributed by atoms with van der Waals surface area (Å²) in [5.41, 5.74) is 4.76. The van der Waals surface area contributed by atoms with E-state index in [1.165, 1.54) is 16.8 Å². The molecule has 2 heteroatoms. The van der Waals surface area contributed by atoms with Crippen LogP contribution in [0, 0.1) is 12.8 Å². The minimum atomic E-state index is 0.250. The Kier molecular flexibility index (Phi) is 2.68. The van der Waals surface area contributed by atoms with Crippen LogP contribution in [-0.4, -0.2) is 10.8 Å². The van der Waals surface area contributed by atoms with Crippen LogP contribution in [0.1, 0.15) is 54.0 Å². The molecule has 82 valence electrons. The van der Waals surface area contributed by atoms with Crippen LogP contribution in [0.25, 0.3) is 0 Å². The van der Waals surface area contributed by atoms with E-state index < -0.39 is 0 Å². The quantitative estimate of drug-likeness (QED) is 0.791. The lowest BCUT2D eigenvalue weighted by atomic mass is 9.83. The molecule has 0 spiro atoms. The number of hydrogen-bond acceptors (Lipinski definition) is 1. The average Bonchev–Trinajstić information content (AvgIpc) is 2.56. The Balaban J connectivity index is 2.45. The van der Waals surface area contributed by atoms with Crippen LogP contribution in [0.4, 0.5) is 0 Å². The number of aromatic nitrogens is 1.